The minimum absolute atomic E-state index is 0.616. The molecular formula is C44H28N4. The number of hydrogen-bond donors (Lipinski definition) is 0. The summed E-state index contributed by atoms with van der Waals surface area (Å²) < 4.78 is 0. The molecule has 2 heterocycles. The van der Waals surface area contributed by atoms with Gasteiger partial charge < -0.3 is 0 Å². The normalized spacial score (nSPS) is 11.3. The molecule has 7 aromatic carbocycles. The van der Waals surface area contributed by atoms with E-state index in [1.807, 2.05) is 30.5 Å². The van der Waals surface area contributed by atoms with Gasteiger partial charge in [-0.15, -0.1) is 0 Å². The Morgan fingerprint density at radius 2 is 0.729 bits per heavy atom. The van der Waals surface area contributed by atoms with Crippen LogP contribution in [0.15, 0.2) is 170 Å². The Hall–Kier alpha value is -6.52. The van der Waals surface area contributed by atoms with E-state index in [4.69, 9.17) is 15.0 Å². The molecule has 0 aliphatic heterocycles. The molecule has 2 aromatic heterocycles. The van der Waals surface area contributed by atoms with E-state index < -0.39 is 0 Å². The lowest BCUT2D eigenvalue weighted by molar-refractivity contribution is 1.08. The third-order valence-corrected chi connectivity index (χ3v) is 9.01. The van der Waals surface area contributed by atoms with Crippen molar-refractivity contribution in [3.8, 4) is 56.4 Å². The zero-order valence-corrected chi connectivity index (χ0v) is 26.0. The van der Waals surface area contributed by atoms with Crippen LogP contribution in [0.1, 0.15) is 0 Å². The van der Waals surface area contributed by atoms with Crippen LogP contribution < -0.4 is 0 Å². The SMILES string of the molecule is c1ccc2c(-c3ccc(-c4nc(-c5ccc(-c6cccc7ccccc67)cc5)nc(-c5ccnc6ccccc56)n4)cc3)cccc2c1. The van der Waals surface area contributed by atoms with Gasteiger partial charge in [-0.3, -0.25) is 4.98 Å². The van der Waals surface area contributed by atoms with Crippen molar-refractivity contribution in [1.82, 2.24) is 19.9 Å². The molecule has 0 aliphatic carbocycles. The van der Waals surface area contributed by atoms with E-state index in [0.717, 1.165) is 38.7 Å². The summed E-state index contributed by atoms with van der Waals surface area (Å²) >= 11 is 0. The van der Waals surface area contributed by atoms with E-state index in [1.54, 1.807) is 0 Å². The first-order chi connectivity index (χ1) is 23.8. The molecule has 224 valence electrons. The Morgan fingerprint density at radius 1 is 0.292 bits per heavy atom. The van der Waals surface area contributed by atoms with Gasteiger partial charge in [0, 0.05) is 28.3 Å². The van der Waals surface area contributed by atoms with Gasteiger partial charge in [-0.25, -0.2) is 15.0 Å². The monoisotopic (exact) mass is 612 g/mol. The standard InChI is InChI=1S/C44H28N4/c1-3-13-35-29(9-1)11-7-16-37(35)31-19-23-33(24-20-31)42-46-43(48-44(47-42)40-27-28-45-41-18-6-5-15-39(40)41)34-25-21-32(22-26-34)38-17-8-12-30-10-2-4-14-36(30)38/h1-28H. The maximum absolute atomic E-state index is 5.05. The van der Waals surface area contributed by atoms with Crippen LogP contribution in [0.5, 0.6) is 0 Å². The van der Waals surface area contributed by atoms with E-state index in [-0.39, 0.29) is 0 Å². The Morgan fingerprint density at radius 3 is 1.29 bits per heavy atom. The van der Waals surface area contributed by atoms with Crippen LogP contribution in [-0.4, -0.2) is 19.9 Å². The highest BCUT2D eigenvalue weighted by molar-refractivity contribution is 5.98. The average molecular weight is 613 g/mol. The molecule has 48 heavy (non-hydrogen) atoms. The molecule has 0 atom stereocenters. The summed E-state index contributed by atoms with van der Waals surface area (Å²) in [5, 5.41) is 5.91. The number of benzene rings is 7. The fourth-order valence-electron chi connectivity index (χ4n) is 6.60. The molecule has 9 rings (SSSR count). The molecule has 0 saturated heterocycles. The second-order valence-electron chi connectivity index (χ2n) is 11.9. The minimum atomic E-state index is 0.616. The molecule has 0 unspecified atom stereocenters. The fraction of sp³-hybridized carbons (Fsp3) is 0. The zero-order valence-electron chi connectivity index (χ0n) is 26.0. The van der Waals surface area contributed by atoms with Crippen LogP contribution in [0.2, 0.25) is 0 Å². The topological polar surface area (TPSA) is 51.6 Å². The van der Waals surface area contributed by atoms with E-state index in [0.29, 0.717) is 17.5 Å². The van der Waals surface area contributed by atoms with Crippen molar-refractivity contribution < 1.29 is 0 Å². The number of nitrogens with zero attached hydrogens (tertiary/aromatic N) is 4. The Labute approximate surface area is 278 Å². The molecular weight excluding hydrogens is 585 g/mol. The van der Waals surface area contributed by atoms with Crippen molar-refractivity contribution in [3.05, 3.63) is 170 Å². The highest BCUT2D eigenvalue weighted by atomic mass is 15.0. The highest BCUT2D eigenvalue weighted by Gasteiger charge is 2.15. The van der Waals surface area contributed by atoms with E-state index in [2.05, 4.69) is 145 Å². The maximum atomic E-state index is 5.05. The average Bonchev–Trinajstić information content (AvgIpc) is 3.17. The quantitative estimate of drug-likeness (QED) is 0.194. The van der Waals surface area contributed by atoms with Gasteiger partial charge in [0.05, 0.1) is 5.52 Å². The fourth-order valence-corrected chi connectivity index (χ4v) is 6.60. The van der Waals surface area contributed by atoms with Gasteiger partial charge in [0.15, 0.2) is 17.5 Å². The van der Waals surface area contributed by atoms with Gasteiger partial charge in [0.1, 0.15) is 0 Å². The van der Waals surface area contributed by atoms with Crippen molar-refractivity contribution >= 4 is 32.4 Å². The van der Waals surface area contributed by atoms with Crippen LogP contribution in [0, 0.1) is 0 Å². The Balaban J connectivity index is 1.16. The molecule has 0 aliphatic rings. The van der Waals surface area contributed by atoms with Gasteiger partial charge in [-0.05, 0) is 55.9 Å². The van der Waals surface area contributed by atoms with Gasteiger partial charge in [0.2, 0.25) is 0 Å². The Bertz CT molecular complexity index is 2450. The zero-order chi connectivity index (χ0) is 31.9. The van der Waals surface area contributed by atoms with Crippen LogP contribution in [0.3, 0.4) is 0 Å². The summed E-state index contributed by atoms with van der Waals surface area (Å²) in [5.74, 6) is 1.86. The maximum Gasteiger partial charge on any atom is 0.164 e. The predicted molar refractivity (Wildman–Crippen MR) is 197 cm³/mol. The first-order valence-corrected chi connectivity index (χ1v) is 16.1. The molecule has 0 N–H and O–H groups in total. The number of pyridine rings is 1. The number of rotatable bonds is 5. The smallest absolute Gasteiger partial charge is 0.164 e. The lowest BCUT2D eigenvalue weighted by atomic mass is 9.97. The lowest BCUT2D eigenvalue weighted by Crippen LogP contribution is -2.01. The summed E-state index contributed by atoms with van der Waals surface area (Å²) in [4.78, 5) is 19.7. The van der Waals surface area contributed by atoms with Crippen molar-refractivity contribution in [3.63, 3.8) is 0 Å². The van der Waals surface area contributed by atoms with Crippen molar-refractivity contribution in [2.24, 2.45) is 0 Å². The lowest BCUT2D eigenvalue weighted by Gasteiger charge is -2.12. The molecule has 0 fully saturated rings. The van der Waals surface area contributed by atoms with Crippen LogP contribution in [0.4, 0.5) is 0 Å². The summed E-state index contributed by atoms with van der Waals surface area (Å²) in [6.45, 7) is 0. The van der Waals surface area contributed by atoms with E-state index >= 15 is 0 Å². The molecule has 0 amide bonds. The van der Waals surface area contributed by atoms with Gasteiger partial charge in [0.25, 0.3) is 0 Å². The van der Waals surface area contributed by atoms with Crippen LogP contribution in [-0.2, 0) is 0 Å². The van der Waals surface area contributed by atoms with Crippen LogP contribution in [0.25, 0.3) is 88.9 Å². The number of para-hydroxylation sites is 1. The first kappa shape index (κ1) is 27.8. The first-order valence-electron chi connectivity index (χ1n) is 16.1. The molecule has 9 aromatic rings. The molecule has 4 nitrogen and oxygen atoms in total. The minimum Gasteiger partial charge on any atom is -0.256 e. The van der Waals surface area contributed by atoms with Gasteiger partial charge in [-0.2, -0.15) is 0 Å². The second kappa shape index (κ2) is 11.7. The van der Waals surface area contributed by atoms with Crippen molar-refractivity contribution in [2.45, 2.75) is 0 Å². The predicted octanol–water partition coefficient (Wildman–Crippen LogP) is 11.1. The van der Waals surface area contributed by atoms with E-state index in [1.165, 1.54) is 32.7 Å². The summed E-state index contributed by atoms with van der Waals surface area (Å²) in [5.41, 5.74) is 8.37. The number of hydrogen-bond acceptors (Lipinski definition) is 4. The third-order valence-electron chi connectivity index (χ3n) is 9.01. The van der Waals surface area contributed by atoms with Crippen LogP contribution >= 0.6 is 0 Å². The number of aromatic nitrogens is 4. The molecule has 0 saturated carbocycles. The highest BCUT2D eigenvalue weighted by Crippen LogP contribution is 2.34. The third kappa shape index (κ3) is 4.97. The van der Waals surface area contributed by atoms with E-state index in [9.17, 15) is 0 Å². The summed E-state index contributed by atoms with van der Waals surface area (Å²) in [7, 11) is 0. The molecule has 4 heteroatoms. The molecule has 0 radical (unpaired) electrons. The molecule has 0 bridgehead atoms. The largest absolute Gasteiger partial charge is 0.256 e. The summed E-state index contributed by atoms with van der Waals surface area (Å²) in [6, 6.07) is 57.0. The van der Waals surface area contributed by atoms with Gasteiger partial charge in [-0.1, -0.05) is 152 Å². The number of fused-ring (bicyclic) bond motifs is 3. The Kier molecular flexibility index (Phi) is 6.76. The van der Waals surface area contributed by atoms with Crippen molar-refractivity contribution in [1.29, 1.82) is 0 Å². The van der Waals surface area contributed by atoms with Gasteiger partial charge >= 0.3 is 0 Å². The van der Waals surface area contributed by atoms with Crippen molar-refractivity contribution in [2.75, 3.05) is 0 Å². The molecule has 0 spiro atoms. The second-order valence-corrected chi connectivity index (χ2v) is 11.9. The summed E-state index contributed by atoms with van der Waals surface area (Å²) in [6.07, 6.45) is 1.82.